The SMILES string of the molecule is CCN(CC)S(=O)(=O)c1ccc(C(=O)N=c2sc3cc(C)ccc3n2CC(=O)OC)cc1. The molecule has 10 heteroatoms. The molecule has 0 radical (unpaired) electrons. The van der Waals surface area contributed by atoms with Crippen LogP contribution in [0.3, 0.4) is 0 Å². The highest BCUT2D eigenvalue weighted by molar-refractivity contribution is 7.89. The molecule has 0 saturated carbocycles. The number of nitrogens with zero attached hydrogens (tertiary/aromatic N) is 3. The van der Waals surface area contributed by atoms with Gasteiger partial charge in [0.25, 0.3) is 5.91 Å². The molecule has 0 N–H and O–H groups in total. The van der Waals surface area contributed by atoms with Crippen LogP contribution in [0.1, 0.15) is 29.8 Å². The fourth-order valence-corrected chi connectivity index (χ4v) is 5.83. The van der Waals surface area contributed by atoms with E-state index in [0.29, 0.717) is 17.9 Å². The number of fused-ring (bicyclic) bond motifs is 1. The first-order valence-corrected chi connectivity index (χ1v) is 12.3. The van der Waals surface area contributed by atoms with E-state index in [-0.39, 0.29) is 17.0 Å². The Balaban J connectivity index is 2.01. The number of methoxy groups -OCH3 is 1. The Morgan fingerprint density at radius 1 is 1.09 bits per heavy atom. The fourth-order valence-electron chi connectivity index (χ4n) is 3.25. The summed E-state index contributed by atoms with van der Waals surface area (Å²) in [6.45, 7) is 6.15. The van der Waals surface area contributed by atoms with Gasteiger partial charge in [0.05, 0.1) is 22.2 Å². The van der Waals surface area contributed by atoms with Crippen LogP contribution in [0.2, 0.25) is 0 Å². The van der Waals surface area contributed by atoms with Gasteiger partial charge >= 0.3 is 5.97 Å². The predicted octanol–water partition coefficient (Wildman–Crippen LogP) is 2.96. The second kappa shape index (κ2) is 9.76. The zero-order chi connectivity index (χ0) is 23.5. The van der Waals surface area contributed by atoms with Gasteiger partial charge in [-0.05, 0) is 48.9 Å². The Morgan fingerprint density at radius 3 is 2.34 bits per heavy atom. The molecule has 3 rings (SSSR count). The number of aryl methyl sites for hydroxylation is 1. The first-order valence-electron chi connectivity index (χ1n) is 10.1. The van der Waals surface area contributed by atoms with Gasteiger partial charge in [-0.25, -0.2) is 8.42 Å². The van der Waals surface area contributed by atoms with Gasteiger partial charge in [-0.1, -0.05) is 31.3 Å². The largest absolute Gasteiger partial charge is 0.468 e. The number of hydrogen-bond donors (Lipinski definition) is 0. The molecule has 0 saturated heterocycles. The van der Waals surface area contributed by atoms with E-state index in [4.69, 9.17) is 4.74 Å². The molecule has 0 bridgehead atoms. The third-order valence-electron chi connectivity index (χ3n) is 4.99. The summed E-state index contributed by atoms with van der Waals surface area (Å²) in [6, 6.07) is 11.5. The maximum atomic E-state index is 12.8. The highest BCUT2D eigenvalue weighted by Crippen LogP contribution is 2.20. The Morgan fingerprint density at radius 2 is 1.75 bits per heavy atom. The Hall–Kier alpha value is -2.82. The van der Waals surface area contributed by atoms with Gasteiger partial charge in [0, 0.05) is 18.7 Å². The van der Waals surface area contributed by atoms with Crippen LogP contribution in [0.15, 0.2) is 52.4 Å². The highest BCUT2D eigenvalue weighted by atomic mass is 32.2. The minimum atomic E-state index is -3.61. The number of amides is 1. The normalized spacial score (nSPS) is 12.5. The molecule has 0 unspecified atom stereocenters. The number of carbonyl (C=O) groups is 2. The summed E-state index contributed by atoms with van der Waals surface area (Å²) in [6.07, 6.45) is 0. The molecule has 0 aliphatic carbocycles. The van der Waals surface area contributed by atoms with Crippen molar-refractivity contribution in [2.75, 3.05) is 20.2 Å². The summed E-state index contributed by atoms with van der Waals surface area (Å²) in [5.41, 5.74) is 2.08. The van der Waals surface area contributed by atoms with Crippen LogP contribution in [0, 0.1) is 6.92 Å². The number of ether oxygens (including phenoxy) is 1. The Labute approximate surface area is 190 Å². The molecule has 3 aromatic rings. The number of aromatic nitrogens is 1. The molecule has 170 valence electrons. The topological polar surface area (TPSA) is 98.0 Å². The molecule has 32 heavy (non-hydrogen) atoms. The van der Waals surface area contributed by atoms with Crippen LogP contribution in [0.5, 0.6) is 0 Å². The van der Waals surface area contributed by atoms with Crippen molar-refractivity contribution in [1.29, 1.82) is 0 Å². The van der Waals surface area contributed by atoms with E-state index < -0.39 is 21.9 Å². The molecule has 0 fully saturated rings. The zero-order valence-corrected chi connectivity index (χ0v) is 20.0. The first-order chi connectivity index (χ1) is 15.2. The average Bonchev–Trinajstić information content (AvgIpc) is 3.10. The molecular formula is C22H25N3O5S2. The van der Waals surface area contributed by atoms with Gasteiger partial charge in [-0.15, -0.1) is 0 Å². The molecule has 1 heterocycles. The van der Waals surface area contributed by atoms with Crippen molar-refractivity contribution >= 4 is 43.5 Å². The number of thiazole rings is 1. The zero-order valence-electron chi connectivity index (χ0n) is 18.4. The van der Waals surface area contributed by atoms with Gasteiger partial charge in [-0.2, -0.15) is 9.30 Å². The lowest BCUT2D eigenvalue weighted by Crippen LogP contribution is -2.30. The van der Waals surface area contributed by atoms with Gasteiger partial charge in [0.1, 0.15) is 6.54 Å². The average molecular weight is 476 g/mol. The molecule has 1 amide bonds. The fraction of sp³-hybridized carbons (Fsp3) is 0.318. The van der Waals surface area contributed by atoms with Crippen molar-refractivity contribution in [3.8, 4) is 0 Å². The van der Waals surface area contributed by atoms with E-state index in [1.807, 2.05) is 25.1 Å². The van der Waals surface area contributed by atoms with Crippen molar-refractivity contribution in [3.05, 3.63) is 58.4 Å². The number of hydrogen-bond acceptors (Lipinski definition) is 6. The number of esters is 1. The van der Waals surface area contributed by atoms with E-state index in [2.05, 4.69) is 4.99 Å². The molecule has 8 nitrogen and oxygen atoms in total. The summed E-state index contributed by atoms with van der Waals surface area (Å²) in [5, 5.41) is 0. The standard InChI is InChI=1S/C22H25N3O5S2/c1-5-24(6-2)32(28,29)17-10-8-16(9-11-17)21(27)23-22-25(14-20(26)30-4)18-12-7-15(3)13-19(18)31-22/h7-13H,5-6,14H2,1-4H3. The summed E-state index contributed by atoms with van der Waals surface area (Å²) >= 11 is 1.30. The van der Waals surface area contributed by atoms with Gasteiger partial charge < -0.3 is 9.30 Å². The van der Waals surface area contributed by atoms with Crippen molar-refractivity contribution in [2.45, 2.75) is 32.2 Å². The van der Waals surface area contributed by atoms with E-state index in [0.717, 1.165) is 15.8 Å². The Kier molecular flexibility index (Phi) is 7.27. The second-order valence-electron chi connectivity index (χ2n) is 7.05. The van der Waals surface area contributed by atoms with E-state index in [1.54, 1.807) is 18.4 Å². The minimum Gasteiger partial charge on any atom is -0.468 e. The summed E-state index contributed by atoms with van der Waals surface area (Å²) < 4.78 is 33.9. The second-order valence-corrected chi connectivity index (χ2v) is 10.00. The highest BCUT2D eigenvalue weighted by Gasteiger charge is 2.21. The molecule has 2 aromatic carbocycles. The van der Waals surface area contributed by atoms with Gasteiger partial charge in [-0.3, -0.25) is 9.59 Å². The van der Waals surface area contributed by atoms with Gasteiger partial charge in [0.15, 0.2) is 4.80 Å². The third-order valence-corrected chi connectivity index (χ3v) is 8.10. The number of sulfonamides is 1. The lowest BCUT2D eigenvalue weighted by molar-refractivity contribution is -0.141. The number of carbonyl (C=O) groups excluding carboxylic acids is 2. The summed E-state index contributed by atoms with van der Waals surface area (Å²) in [5.74, 6) is -0.983. The van der Waals surface area contributed by atoms with E-state index in [9.17, 15) is 18.0 Å². The maximum absolute atomic E-state index is 12.8. The van der Waals surface area contributed by atoms with Crippen molar-refractivity contribution < 1.29 is 22.7 Å². The maximum Gasteiger partial charge on any atom is 0.325 e. The van der Waals surface area contributed by atoms with Crippen molar-refractivity contribution in [2.24, 2.45) is 4.99 Å². The number of rotatable bonds is 7. The monoisotopic (exact) mass is 475 g/mol. The predicted molar refractivity (Wildman–Crippen MR) is 123 cm³/mol. The third kappa shape index (κ3) is 4.82. The first kappa shape index (κ1) is 23.8. The summed E-state index contributed by atoms with van der Waals surface area (Å²) in [7, 11) is -2.31. The molecule has 0 aliphatic heterocycles. The molecule has 0 atom stereocenters. The van der Waals surface area contributed by atoms with Crippen LogP contribution in [0.25, 0.3) is 10.2 Å². The van der Waals surface area contributed by atoms with E-state index in [1.165, 1.54) is 47.0 Å². The lowest BCUT2D eigenvalue weighted by Gasteiger charge is -2.18. The molecule has 0 aliphatic rings. The Bertz CT molecular complexity index is 1320. The van der Waals surface area contributed by atoms with Crippen LogP contribution in [-0.2, 0) is 26.1 Å². The quantitative estimate of drug-likeness (QED) is 0.490. The van der Waals surface area contributed by atoms with Crippen LogP contribution in [0.4, 0.5) is 0 Å². The molecule has 1 aromatic heterocycles. The van der Waals surface area contributed by atoms with Crippen LogP contribution < -0.4 is 4.80 Å². The lowest BCUT2D eigenvalue weighted by atomic mass is 10.2. The van der Waals surface area contributed by atoms with Gasteiger partial charge in [0.2, 0.25) is 10.0 Å². The van der Waals surface area contributed by atoms with Crippen molar-refractivity contribution in [1.82, 2.24) is 8.87 Å². The van der Waals surface area contributed by atoms with Crippen molar-refractivity contribution in [3.63, 3.8) is 0 Å². The summed E-state index contributed by atoms with van der Waals surface area (Å²) in [4.78, 5) is 29.4. The smallest absolute Gasteiger partial charge is 0.325 e. The minimum absolute atomic E-state index is 0.0767. The van der Waals surface area contributed by atoms with Crippen LogP contribution >= 0.6 is 11.3 Å². The molecule has 0 spiro atoms. The van der Waals surface area contributed by atoms with Crippen LogP contribution in [-0.4, -0.2) is 49.4 Å². The number of benzene rings is 2. The van der Waals surface area contributed by atoms with E-state index >= 15 is 0 Å². The molecular weight excluding hydrogens is 450 g/mol.